The molecule has 2 rings (SSSR count). The van der Waals surface area contributed by atoms with Gasteiger partial charge in [0.25, 0.3) is 0 Å². The first kappa shape index (κ1) is 10.2. The lowest BCUT2D eigenvalue weighted by Gasteiger charge is -2.02. The summed E-state index contributed by atoms with van der Waals surface area (Å²) in [5.41, 5.74) is 1.81. The Morgan fingerprint density at radius 2 is 2.13 bits per heavy atom. The Bertz CT molecular complexity index is 338. The maximum absolute atomic E-state index is 11.3. The van der Waals surface area contributed by atoms with Gasteiger partial charge in [-0.15, -0.1) is 0 Å². The van der Waals surface area contributed by atoms with E-state index in [1.807, 2.05) is 12.1 Å². The summed E-state index contributed by atoms with van der Waals surface area (Å²) in [6, 6.07) is 7.51. The zero-order valence-electron chi connectivity index (χ0n) is 8.73. The molecule has 1 unspecified atom stereocenters. The molecule has 1 aromatic rings. The fraction of sp³-hybridized carbons (Fsp3) is 0.417. The van der Waals surface area contributed by atoms with Crippen LogP contribution in [0.4, 0.5) is 0 Å². The van der Waals surface area contributed by atoms with Gasteiger partial charge in [-0.3, -0.25) is 0 Å². The molecule has 1 saturated heterocycles. The van der Waals surface area contributed by atoms with Gasteiger partial charge in [0.15, 0.2) is 0 Å². The van der Waals surface area contributed by atoms with Crippen LogP contribution in [0.25, 0.3) is 0 Å². The summed E-state index contributed by atoms with van der Waals surface area (Å²) in [6.45, 7) is 3.08. The highest BCUT2D eigenvalue weighted by Crippen LogP contribution is 2.16. The number of carbonyl (C=O) groups is 1. The second-order valence-electron chi connectivity index (χ2n) is 3.58. The van der Waals surface area contributed by atoms with Crippen LogP contribution in [0.1, 0.15) is 22.8 Å². The smallest absolute Gasteiger partial charge is 0.338 e. The number of hydrogen-bond acceptors (Lipinski definition) is 3. The number of hydrogen-bond donors (Lipinski definition) is 0. The van der Waals surface area contributed by atoms with Gasteiger partial charge in [-0.05, 0) is 24.6 Å². The average Bonchev–Trinajstić information content (AvgIpc) is 3.03. The van der Waals surface area contributed by atoms with Crippen LogP contribution in [0.3, 0.4) is 0 Å². The zero-order valence-corrected chi connectivity index (χ0v) is 8.73. The van der Waals surface area contributed by atoms with Crippen molar-refractivity contribution in [1.82, 2.24) is 0 Å². The van der Waals surface area contributed by atoms with Gasteiger partial charge in [0.2, 0.25) is 0 Å². The van der Waals surface area contributed by atoms with Crippen molar-refractivity contribution < 1.29 is 14.3 Å². The van der Waals surface area contributed by atoms with E-state index in [0.29, 0.717) is 18.3 Å². The van der Waals surface area contributed by atoms with Crippen molar-refractivity contribution in [2.24, 2.45) is 0 Å². The third-order valence-electron chi connectivity index (χ3n) is 2.33. The minimum Gasteiger partial charge on any atom is -0.462 e. The molecule has 1 atom stereocenters. The Balaban J connectivity index is 1.99. The third-order valence-corrected chi connectivity index (χ3v) is 2.33. The Hall–Kier alpha value is -1.35. The summed E-state index contributed by atoms with van der Waals surface area (Å²) >= 11 is 0. The molecule has 0 bridgehead atoms. The molecule has 3 nitrogen and oxygen atoms in total. The molecule has 0 N–H and O–H groups in total. The number of epoxide rings is 1. The van der Waals surface area contributed by atoms with Crippen molar-refractivity contribution in [2.45, 2.75) is 19.4 Å². The van der Waals surface area contributed by atoms with Crippen molar-refractivity contribution in [3.63, 3.8) is 0 Å². The van der Waals surface area contributed by atoms with Gasteiger partial charge in [0, 0.05) is 6.42 Å². The fourth-order valence-corrected chi connectivity index (χ4v) is 1.44. The van der Waals surface area contributed by atoms with Gasteiger partial charge >= 0.3 is 5.97 Å². The largest absolute Gasteiger partial charge is 0.462 e. The summed E-state index contributed by atoms with van der Waals surface area (Å²) in [5, 5.41) is 0. The first-order valence-electron chi connectivity index (χ1n) is 5.17. The number of esters is 1. The first-order chi connectivity index (χ1) is 7.29. The Kier molecular flexibility index (Phi) is 3.02. The van der Waals surface area contributed by atoms with E-state index in [1.54, 1.807) is 19.1 Å². The normalized spacial score (nSPS) is 18.6. The third kappa shape index (κ3) is 2.80. The van der Waals surface area contributed by atoms with Crippen LogP contribution in [-0.2, 0) is 15.9 Å². The van der Waals surface area contributed by atoms with E-state index in [1.165, 1.54) is 5.56 Å². The molecule has 0 spiro atoms. The molecule has 1 aromatic carbocycles. The monoisotopic (exact) mass is 206 g/mol. The maximum Gasteiger partial charge on any atom is 0.338 e. The Labute approximate surface area is 89.0 Å². The summed E-state index contributed by atoms with van der Waals surface area (Å²) in [4.78, 5) is 11.3. The van der Waals surface area contributed by atoms with Crippen molar-refractivity contribution in [1.29, 1.82) is 0 Å². The summed E-state index contributed by atoms with van der Waals surface area (Å²) in [6.07, 6.45) is 1.32. The minimum atomic E-state index is -0.258. The molecule has 15 heavy (non-hydrogen) atoms. The molecular formula is C12H14O3. The predicted molar refractivity (Wildman–Crippen MR) is 55.8 cm³/mol. The average molecular weight is 206 g/mol. The fourth-order valence-electron chi connectivity index (χ4n) is 1.44. The first-order valence-corrected chi connectivity index (χ1v) is 5.17. The predicted octanol–water partition coefficient (Wildman–Crippen LogP) is 1.80. The molecule has 0 amide bonds. The SMILES string of the molecule is CCOC(=O)c1ccc(CC2CO2)cc1. The number of benzene rings is 1. The van der Waals surface area contributed by atoms with Crippen molar-refractivity contribution in [2.75, 3.05) is 13.2 Å². The molecule has 1 heterocycles. The number of carbonyl (C=O) groups excluding carboxylic acids is 1. The van der Waals surface area contributed by atoms with E-state index < -0.39 is 0 Å². The Morgan fingerprint density at radius 3 is 2.67 bits per heavy atom. The van der Waals surface area contributed by atoms with Gasteiger partial charge < -0.3 is 9.47 Å². The van der Waals surface area contributed by atoms with E-state index in [0.717, 1.165) is 13.0 Å². The van der Waals surface area contributed by atoms with Crippen LogP contribution >= 0.6 is 0 Å². The molecule has 1 aliphatic rings. The van der Waals surface area contributed by atoms with Gasteiger partial charge in [0.1, 0.15) is 0 Å². The lowest BCUT2D eigenvalue weighted by atomic mass is 10.1. The summed E-state index contributed by atoms with van der Waals surface area (Å²) in [5.74, 6) is -0.258. The Morgan fingerprint density at radius 1 is 1.47 bits per heavy atom. The van der Waals surface area contributed by atoms with Crippen LogP contribution < -0.4 is 0 Å². The standard InChI is InChI=1S/C12H14O3/c1-2-14-12(13)10-5-3-9(4-6-10)7-11-8-15-11/h3-6,11H,2,7-8H2,1H3. The maximum atomic E-state index is 11.3. The summed E-state index contributed by atoms with van der Waals surface area (Å²) < 4.78 is 10.0. The number of ether oxygens (including phenoxy) is 2. The molecule has 80 valence electrons. The molecule has 0 radical (unpaired) electrons. The van der Waals surface area contributed by atoms with Gasteiger partial charge in [0.05, 0.1) is 24.9 Å². The van der Waals surface area contributed by atoms with Crippen molar-refractivity contribution in [3.8, 4) is 0 Å². The zero-order chi connectivity index (χ0) is 10.7. The second kappa shape index (κ2) is 4.45. The molecule has 1 aliphatic heterocycles. The van der Waals surface area contributed by atoms with Gasteiger partial charge in [-0.1, -0.05) is 12.1 Å². The van der Waals surface area contributed by atoms with Crippen LogP contribution in [0.15, 0.2) is 24.3 Å². The molecular weight excluding hydrogens is 192 g/mol. The molecule has 1 fully saturated rings. The van der Waals surface area contributed by atoms with E-state index in [4.69, 9.17) is 9.47 Å². The lowest BCUT2D eigenvalue weighted by Crippen LogP contribution is -2.04. The highest BCUT2D eigenvalue weighted by atomic mass is 16.6. The summed E-state index contributed by atoms with van der Waals surface area (Å²) in [7, 11) is 0. The second-order valence-corrected chi connectivity index (χ2v) is 3.58. The topological polar surface area (TPSA) is 38.8 Å². The highest BCUT2D eigenvalue weighted by Gasteiger charge is 2.22. The van der Waals surface area contributed by atoms with Crippen molar-refractivity contribution >= 4 is 5.97 Å². The van der Waals surface area contributed by atoms with Crippen LogP contribution in [0.2, 0.25) is 0 Å². The van der Waals surface area contributed by atoms with Gasteiger partial charge in [-0.25, -0.2) is 4.79 Å². The van der Waals surface area contributed by atoms with Gasteiger partial charge in [-0.2, -0.15) is 0 Å². The molecule has 0 aliphatic carbocycles. The van der Waals surface area contributed by atoms with Crippen LogP contribution in [-0.4, -0.2) is 25.3 Å². The van der Waals surface area contributed by atoms with Crippen LogP contribution in [0.5, 0.6) is 0 Å². The van der Waals surface area contributed by atoms with Crippen LogP contribution in [0, 0.1) is 0 Å². The van der Waals surface area contributed by atoms with E-state index >= 15 is 0 Å². The minimum absolute atomic E-state index is 0.258. The number of rotatable bonds is 4. The highest BCUT2D eigenvalue weighted by molar-refractivity contribution is 5.89. The van der Waals surface area contributed by atoms with E-state index in [-0.39, 0.29) is 5.97 Å². The lowest BCUT2D eigenvalue weighted by molar-refractivity contribution is 0.0526. The van der Waals surface area contributed by atoms with Crippen molar-refractivity contribution in [3.05, 3.63) is 35.4 Å². The van der Waals surface area contributed by atoms with E-state index in [9.17, 15) is 4.79 Å². The molecule has 3 heteroatoms. The quantitative estimate of drug-likeness (QED) is 0.557. The molecule has 0 aromatic heterocycles. The van der Waals surface area contributed by atoms with E-state index in [2.05, 4.69) is 0 Å². The molecule has 0 saturated carbocycles.